The van der Waals surface area contributed by atoms with E-state index in [1.807, 2.05) is 0 Å². The molecule has 1 heterocycles. The van der Waals surface area contributed by atoms with E-state index >= 15 is 0 Å². The molecule has 0 aliphatic heterocycles. The van der Waals surface area contributed by atoms with Crippen molar-refractivity contribution in [2.24, 2.45) is 0 Å². The number of aromatic nitrogens is 2. The van der Waals surface area contributed by atoms with Crippen LogP contribution in [0.15, 0.2) is 0 Å². The summed E-state index contributed by atoms with van der Waals surface area (Å²) in [5, 5.41) is 0. The highest BCUT2D eigenvalue weighted by molar-refractivity contribution is 5.38. The lowest BCUT2D eigenvalue weighted by molar-refractivity contribution is 0.612. The van der Waals surface area contributed by atoms with E-state index in [1.165, 1.54) is 12.8 Å². The average molecular weight is 195 g/mol. The zero-order valence-corrected chi connectivity index (χ0v) is 9.51. The first-order valence-electron chi connectivity index (χ1n) is 5.58. The molecule has 0 fully saturated rings. The minimum absolute atomic E-state index is 0.873. The highest BCUT2D eigenvalue weighted by Crippen LogP contribution is 2.16. The Balaban J connectivity index is 2.92. The van der Waals surface area contributed by atoms with Gasteiger partial charge < -0.3 is 10.3 Å². The molecule has 0 unspecified atom stereocenters. The molecule has 0 atom stereocenters. The number of anilines is 1. The van der Waals surface area contributed by atoms with Crippen molar-refractivity contribution in [2.45, 2.75) is 53.0 Å². The first-order chi connectivity index (χ1) is 6.74. The molecule has 0 spiro atoms. The number of unbranched alkanes of at least 4 members (excludes halogenated alkanes) is 1. The Kier molecular flexibility index (Phi) is 3.98. The lowest BCUT2D eigenvalue weighted by atomic mass is 10.3. The number of hydrogen-bond acceptors (Lipinski definition) is 2. The monoisotopic (exact) mass is 195 g/mol. The molecule has 0 saturated heterocycles. The van der Waals surface area contributed by atoms with Crippen LogP contribution in [0.5, 0.6) is 0 Å². The fraction of sp³-hybridized carbons (Fsp3) is 0.727. The molecule has 0 aliphatic carbocycles. The molecular formula is C11H21N3. The van der Waals surface area contributed by atoms with Crippen LogP contribution in [0.25, 0.3) is 0 Å². The van der Waals surface area contributed by atoms with Crippen molar-refractivity contribution in [2.75, 3.05) is 5.73 Å². The van der Waals surface area contributed by atoms with E-state index in [1.54, 1.807) is 0 Å². The van der Waals surface area contributed by atoms with Crippen molar-refractivity contribution in [3.8, 4) is 0 Å². The summed E-state index contributed by atoms with van der Waals surface area (Å²) in [7, 11) is 0. The third-order valence-corrected chi connectivity index (χ3v) is 2.55. The quantitative estimate of drug-likeness (QED) is 0.784. The predicted molar refractivity (Wildman–Crippen MR) is 60.3 cm³/mol. The first kappa shape index (κ1) is 11.1. The Labute approximate surface area is 86.3 Å². The van der Waals surface area contributed by atoms with Crippen molar-refractivity contribution in [3.05, 3.63) is 11.5 Å². The van der Waals surface area contributed by atoms with Gasteiger partial charge in [-0.3, -0.25) is 0 Å². The summed E-state index contributed by atoms with van der Waals surface area (Å²) in [5.41, 5.74) is 7.09. The number of nitrogen functional groups attached to an aromatic ring is 1. The molecular weight excluding hydrogens is 174 g/mol. The van der Waals surface area contributed by atoms with Gasteiger partial charge in [0.25, 0.3) is 0 Å². The predicted octanol–water partition coefficient (Wildman–Crippen LogP) is 2.39. The topological polar surface area (TPSA) is 43.8 Å². The highest BCUT2D eigenvalue weighted by atomic mass is 15.1. The van der Waals surface area contributed by atoms with E-state index in [4.69, 9.17) is 5.73 Å². The number of hydrogen-bond donors (Lipinski definition) is 1. The normalized spacial score (nSPS) is 10.8. The minimum atomic E-state index is 0.873. The fourth-order valence-electron chi connectivity index (χ4n) is 1.66. The summed E-state index contributed by atoms with van der Waals surface area (Å²) in [4.78, 5) is 4.54. The largest absolute Gasteiger partial charge is 0.384 e. The van der Waals surface area contributed by atoms with Gasteiger partial charge in [0.15, 0.2) is 0 Å². The van der Waals surface area contributed by atoms with Crippen LogP contribution in [0, 0.1) is 0 Å². The van der Waals surface area contributed by atoms with Gasteiger partial charge >= 0.3 is 0 Å². The van der Waals surface area contributed by atoms with Gasteiger partial charge in [-0.15, -0.1) is 0 Å². The van der Waals surface area contributed by atoms with E-state index in [0.29, 0.717) is 0 Å². The molecule has 80 valence electrons. The van der Waals surface area contributed by atoms with Crippen molar-refractivity contribution < 1.29 is 0 Å². The Morgan fingerprint density at radius 3 is 2.43 bits per heavy atom. The molecule has 0 aliphatic rings. The second kappa shape index (κ2) is 5.03. The summed E-state index contributed by atoms with van der Waals surface area (Å²) in [6.45, 7) is 7.43. The number of nitrogens with zero attached hydrogens (tertiary/aromatic N) is 2. The van der Waals surface area contributed by atoms with Crippen molar-refractivity contribution >= 4 is 5.82 Å². The van der Waals surface area contributed by atoms with Crippen molar-refractivity contribution in [3.63, 3.8) is 0 Å². The lowest BCUT2D eigenvalue weighted by Crippen LogP contribution is -2.07. The summed E-state index contributed by atoms with van der Waals surface area (Å²) in [5.74, 6) is 2.01. The van der Waals surface area contributed by atoms with Gasteiger partial charge in [0, 0.05) is 13.0 Å². The van der Waals surface area contributed by atoms with E-state index in [0.717, 1.165) is 36.7 Å². The molecule has 2 N–H and O–H groups in total. The molecule has 1 aromatic heterocycles. The van der Waals surface area contributed by atoms with Crippen LogP contribution >= 0.6 is 0 Å². The standard InChI is InChI=1S/C11H21N3/c1-4-7-8-14-10(6-3)13-9(5-2)11(14)12/h4-8,12H2,1-3H3. The number of nitrogens with two attached hydrogens (primary N) is 1. The maximum absolute atomic E-state index is 6.03. The number of imidazole rings is 1. The molecule has 3 heteroatoms. The van der Waals surface area contributed by atoms with Gasteiger partial charge in [-0.05, 0) is 12.8 Å². The third-order valence-electron chi connectivity index (χ3n) is 2.55. The van der Waals surface area contributed by atoms with Crippen molar-refractivity contribution in [1.82, 2.24) is 9.55 Å². The maximum Gasteiger partial charge on any atom is 0.126 e. The van der Waals surface area contributed by atoms with Crippen LogP contribution < -0.4 is 5.73 Å². The van der Waals surface area contributed by atoms with Crippen LogP contribution in [0.1, 0.15) is 45.1 Å². The second-order valence-corrected chi connectivity index (χ2v) is 3.57. The molecule has 14 heavy (non-hydrogen) atoms. The van der Waals surface area contributed by atoms with E-state index in [-0.39, 0.29) is 0 Å². The van der Waals surface area contributed by atoms with E-state index in [2.05, 4.69) is 30.3 Å². The Bertz CT molecular complexity index is 289. The smallest absolute Gasteiger partial charge is 0.126 e. The average Bonchev–Trinajstić information content (AvgIpc) is 2.52. The summed E-state index contributed by atoms with van der Waals surface area (Å²) in [6, 6.07) is 0. The third kappa shape index (κ3) is 2.08. The zero-order chi connectivity index (χ0) is 10.6. The number of rotatable bonds is 5. The highest BCUT2D eigenvalue weighted by Gasteiger charge is 2.10. The summed E-state index contributed by atoms with van der Waals surface area (Å²) >= 11 is 0. The van der Waals surface area contributed by atoms with Crippen LogP contribution in [0.3, 0.4) is 0 Å². The van der Waals surface area contributed by atoms with Crippen LogP contribution in [0.4, 0.5) is 5.82 Å². The first-order valence-corrected chi connectivity index (χ1v) is 5.58. The van der Waals surface area contributed by atoms with Gasteiger partial charge in [0.2, 0.25) is 0 Å². The van der Waals surface area contributed by atoms with E-state index in [9.17, 15) is 0 Å². The maximum atomic E-state index is 6.03. The van der Waals surface area contributed by atoms with Crippen molar-refractivity contribution in [1.29, 1.82) is 0 Å². The Morgan fingerprint density at radius 2 is 1.93 bits per heavy atom. The lowest BCUT2D eigenvalue weighted by Gasteiger charge is -2.07. The van der Waals surface area contributed by atoms with Crippen LogP contribution in [-0.2, 0) is 19.4 Å². The molecule has 0 amide bonds. The Morgan fingerprint density at radius 1 is 1.21 bits per heavy atom. The summed E-state index contributed by atoms with van der Waals surface area (Å²) in [6.07, 6.45) is 4.27. The SMILES string of the molecule is CCCCn1c(CC)nc(CC)c1N. The summed E-state index contributed by atoms with van der Waals surface area (Å²) < 4.78 is 2.17. The molecule has 0 saturated carbocycles. The molecule has 1 rings (SSSR count). The van der Waals surface area contributed by atoms with Crippen LogP contribution in [-0.4, -0.2) is 9.55 Å². The van der Waals surface area contributed by atoms with Gasteiger partial charge in [-0.25, -0.2) is 4.98 Å². The minimum Gasteiger partial charge on any atom is -0.384 e. The van der Waals surface area contributed by atoms with E-state index < -0.39 is 0 Å². The molecule has 0 radical (unpaired) electrons. The Hall–Kier alpha value is -0.990. The molecule has 3 nitrogen and oxygen atoms in total. The second-order valence-electron chi connectivity index (χ2n) is 3.57. The molecule has 0 bridgehead atoms. The van der Waals surface area contributed by atoms with Gasteiger partial charge in [0.1, 0.15) is 11.6 Å². The van der Waals surface area contributed by atoms with Crippen LogP contribution in [0.2, 0.25) is 0 Å². The molecule has 0 aromatic carbocycles. The molecule has 1 aromatic rings. The van der Waals surface area contributed by atoms with Gasteiger partial charge in [-0.2, -0.15) is 0 Å². The fourth-order valence-corrected chi connectivity index (χ4v) is 1.66. The zero-order valence-electron chi connectivity index (χ0n) is 9.51. The number of aryl methyl sites for hydroxylation is 2. The van der Waals surface area contributed by atoms with Gasteiger partial charge in [-0.1, -0.05) is 27.2 Å². The van der Waals surface area contributed by atoms with Gasteiger partial charge in [0.05, 0.1) is 5.69 Å².